The molecule has 0 fully saturated rings. The maximum absolute atomic E-state index is 8.80. The van der Waals surface area contributed by atoms with E-state index >= 15 is 0 Å². The van der Waals surface area contributed by atoms with E-state index in [0.717, 1.165) is 25.9 Å². The Kier molecular flexibility index (Phi) is 6.27. The van der Waals surface area contributed by atoms with Crippen LogP contribution >= 0.6 is 0 Å². The Balaban J connectivity index is 1.90. The molecule has 2 nitrogen and oxygen atoms in total. The van der Waals surface area contributed by atoms with E-state index in [1.807, 2.05) is 12.2 Å². The van der Waals surface area contributed by atoms with Crippen LogP contribution in [0.1, 0.15) is 45.4 Å². The first kappa shape index (κ1) is 14.2. The van der Waals surface area contributed by atoms with Gasteiger partial charge in [-0.05, 0) is 0 Å². The molecule has 0 saturated carbocycles. The van der Waals surface area contributed by atoms with Crippen molar-refractivity contribution < 1.29 is 9.84 Å². The average Bonchev–Trinajstić information content (AvgIpc) is 2.69. The summed E-state index contributed by atoms with van der Waals surface area (Å²) in [6.07, 6.45) is 14.4. The summed E-state index contributed by atoms with van der Waals surface area (Å²) in [4.78, 5) is 0. The van der Waals surface area contributed by atoms with E-state index in [1.165, 1.54) is 12.8 Å². The first-order valence-electron chi connectivity index (χ1n) is 6.44. The summed E-state index contributed by atoms with van der Waals surface area (Å²) in [7, 11) is 5.18. The van der Waals surface area contributed by atoms with Crippen LogP contribution in [-0.2, 0) is 4.74 Å². The van der Waals surface area contributed by atoms with Crippen molar-refractivity contribution in [3.63, 3.8) is 0 Å². The molecule has 0 unspecified atom stereocenters. The second-order valence-corrected chi connectivity index (χ2v) is 4.76. The SMILES string of the molecule is [B]=C(O)CCCCCCCOC1(C)C=CC=C1. The zero-order chi connectivity index (χ0) is 12.6. The second-order valence-electron chi connectivity index (χ2n) is 4.76. The van der Waals surface area contributed by atoms with Gasteiger partial charge in [0.2, 0.25) is 0 Å². The van der Waals surface area contributed by atoms with Crippen molar-refractivity contribution in [2.45, 2.75) is 51.0 Å². The zero-order valence-electron chi connectivity index (χ0n) is 10.7. The van der Waals surface area contributed by atoms with Crippen molar-refractivity contribution in [2.24, 2.45) is 0 Å². The van der Waals surface area contributed by atoms with Crippen LogP contribution in [-0.4, -0.2) is 30.5 Å². The molecule has 0 heterocycles. The molecule has 1 aliphatic rings. The van der Waals surface area contributed by atoms with E-state index in [4.69, 9.17) is 17.3 Å². The van der Waals surface area contributed by atoms with Crippen LogP contribution in [0.3, 0.4) is 0 Å². The Hall–Kier alpha value is -0.825. The molecule has 0 amide bonds. The average molecular weight is 233 g/mol. The Morgan fingerprint density at radius 3 is 2.35 bits per heavy atom. The molecule has 0 atom stereocenters. The van der Waals surface area contributed by atoms with Crippen LogP contribution in [0.25, 0.3) is 0 Å². The fraction of sp³-hybridized carbons (Fsp3) is 0.643. The van der Waals surface area contributed by atoms with E-state index in [2.05, 4.69) is 19.1 Å². The van der Waals surface area contributed by atoms with Gasteiger partial charge in [-0.3, -0.25) is 0 Å². The molecule has 93 valence electrons. The van der Waals surface area contributed by atoms with Gasteiger partial charge in [-0.1, -0.05) is 0 Å². The minimum absolute atomic E-state index is 0.0565. The summed E-state index contributed by atoms with van der Waals surface area (Å²) >= 11 is 0. The van der Waals surface area contributed by atoms with E-state index in [-0.39, 0.29) is 11.3 Å². The number of allylic oxidation sites excluding steroid dienone is 2. The molecular weight excluding hydrogens is 211 g/mol. The van der Waals surface area contributed by atoms with E-state index in [1.54, 1.807) is 0 Å². The van der Waals surface area contributed by atoms with Gasteiger partial charge in [0.15, 0.2) is 0 Å². The quantitative estimate of drug-likeness (QED) is 0.490. The van der Waals surface area contributed by atoms with Crippen LogP contribution in [0.5, 0.6) is 0 Å². The second kappa shape index (κ2) is 7.49. The van der Waals surface area contributed by atoms with Crippen LogP contribution in [0.15, 0.2) is 24.3 Å². The summed E-state index contributed by atoms with van der Waals surface area (Å²) < 4.78 is 5.80. The zero-order valence-corrected chi connectivity index (χ0v) is 10.7. The molecule has 0 aromatic rings. The predicted molar refractivity (Wildman–Crippen MR) is 73.0 cm³/mol. The summed E-state index contributed by atoms with van der Waals surface area (Å²) in [5, 5.41) is 8.80. The van der Waals surface area contributed by atoms with Crippen molar-refractivity contribution in [3.05, 3.63) is 24.3 Å². The van der Waals surface area contributed by atoms with Crippen molar-refractivity contribution in [3.8, 4) is 0 Å². The summed E-state index contributed by atoms with van der Waals surface area (Å²) in [5.74, 6) is 0. The summed E-state index contributed by atoms with van der Waals surface area (Å²) in [5.41, 5.74) is -0.124. The first-order chi connectivity index (χ1) is 8.12. The maximum atomic E-state index is 8.80. The van der Waals surface area contributed by atoms with Crippen molar-refractivity contribution in [1.82, 2.24) is 0 Å². The molecule has 17 heavy (non-hydrogen) atoms. The summed E-state index contributed by atoms with van der Waals surface area (Å²) in [6, 6.07) is 0. The number of hydrogen-bond acceptors (Lipinski definition) is 2. The first-order valence-corrected chi connectivity index (χ1v) is 6.44. The molecule has 1 radical (unpaired) electrons. The topological polar surface area (TPSA) is 29.5 Å². The molecular formula is C14H22BO2. The third kappa shape index (κ3) is 6.47. The Morgan fingerprint density at radius 1 is 1.12 bits per heavy atom. The van der Waals surface area contributed by atoms with Gasteiger partial charge >= 0.3 is 105 Å². The number of ether oxygens (including phenoxy) is 1. The van der Waals surface area contributed by atoms with Crippen LogP contribution in [0.2, 0.25) is 0 Å². The molecule has 0 aromatic carbocycles. The predicted octanol–water partition coefficient (Wildman–Crippen LogP) is 2.90. The van der Waals surface area contributed by atoms with E-state index < -0.39 is 0 Å². The molecule has 0 spiro atoms. The normalized spacial score (nSPS) is 16.5. The van der Waals surface area contributed by atoms with Crippen molar-refractivity contribution in [2.75, 3.05) is 6.61 Å². The van der Waals surface area contributed by atoms with Crippen LogP contribution < -0.4 is 0 Å². The van der Waals surface area contributed by atoms with Crippen LogP contribution in [0, 0.1) is 0 Å². The van der Waals surface area contributed by atoms with Gasteiger partial charge in [0, 0.05) is 0 Å². The number of aliphatic hydroxyl groups excluding tert-OH is 1. The number of aliphatic hydroxyl groups is 1. The molecule has 1 aliphatic carbocycles. The number of rotatable bonds is 9. The Bertz CT molecular complexity index is 283. The van der Waals surface area contributed by atoms with E-state index in [9.17, 15) is 0 Å². The van der Waals surface area contributed by atoms with Gasteiger partial charge < -0.3 is 0 Å². The van der Waals surface area contributed by atoms with Gasteiger partial charge in [-0.25, -0.2) is 0 Å². The number of hydrogen-bond donors (Lipinski definition) is 1. The Morgan fingerprint density at radius 2 is 1.71 bits per heavy atom. The van der Waals surface area contributed by atoms with Gasteiger partial charge in [-0.2, -0.15) is 0 Å². The standard InChI is InChI=1S/C14H22BO2/c1-14(10-6-7-11-14)17-12-8-4-2-3-5-9-13(15)16/h6-7,10-11,16H,2-5,8-9,12H2,1H3. The molecule has 0 saturated heterocycles. The number of unbranched alkanes of at least 4 members (excludes halogenated alkanes) is 4. The van der Waals surface area contributed by atoms with Crippen molar-refractivity contribution in [1.29, 1.82) is 0 Å². The Labute approximate surface area is 105 Å². The fourth-order valence-electron chi connectivity index (χ4n) is 1.88. The van der Waals surface area contributed by atoms with Gasteiger partial charge in [0.25, 0.3) is 0 Å². The van der Waals surface area contributed by atoms with E-state index in [0.29, 0.717) is 6.42 Å². The van der Waals surface area contributed by atoms with Crippen LogP contribution in [0.4, 0.5) is 0 Å². The molecule has 0 aliphatic heterocycles. The third-order valence-corrected chi connectivity index (χ3v) is 2.96. The minimum atomic E-state index is -0.180. The van der Waals surface area contributed by atoms with Gasteiger partial charge in [0.05, 0.1) is 0 Å². The molecule has 1 rings (SSSR count). The molecule has 0 aromatic heterocycles. The molecule has 0 bridgehead atoms. The monoisotopic (exact) mass is 233 g/mol. The summed E-state index contributed by atoms with van der Waals surface area (Å²) in [6.45, 7) is 2.88. The molecule has 3 heteroatoms. The van der Waals surface area contributed by atoms with Gasteiger partial charge in [0.1, 0.15) is 0 Å². The fourth-order valence-corrected chi connectivity index (χ4v) is 1.88. The van der Waals surface area contributed by atoms with Crippen molar-refractivity contribution >= 4 is 13.1 Å². The third-order valence-electron chi connectivity index (χ3n) is 2.96. The van der Waals surface area contributed by atoms with Gasteiger partial charge in [-0.15, -0.1) is 0 Å². The molecule has 1 N–H and O–H groups in total.